The summed E-state index contributed by atoms with van der Waals surface area (Å²) in [5.41, 5.74) is 0.996. The molecule has 0 aromatic heterocycles. The Balaban J connectivity index is 3.09. The molecule has 0 spiro atoms. The Bertz CT molecular complexity index is 268. The van der Waals surface area contributed by atoms with Gasteiger partial charge in [-0.2, -0.15) is 0 Å². The summed E-state index contributed by atoms with van der Waals surface area (Å²) in [5, 5.41) is 0.616. The molecule has 1 aromatic rings. The first-order valence-electron chi connectivity index (χ1n) is 3.24. The molecule has 0 aliphatic heterocycles. The number of rotatable bonds is 2. The van der Waals surface area contributed by atoms with Gasteiger partial charge in [-0.25, -0.2) is 0 Å². The fraction of sp³-hybridized carbons (Fsp3) is 0.111. The molecule has 0 saturated carbocycles. The molecule has 0 heterocycles. The molecule has 0 atom stereocenters. The van der Waals surface area contributed by atoms with Crippen LogP contribution in [0.25, 0.3) is 6.08 Å². The van der Waals surface area contributed by atoms with Crippen LogP contribution in [0.15, 0.2) is 24.8 Å². The van der Waals surface area contributed by atoms with Crippen molar-refractivity contribution in [2.75, 3.05) is 7.11 Å². The topological polar surface area (TPSA) is 9.23 Å². The summed E-state index contributed by atoms with van der Waals surface area (Å²) in [6.07, 6.45) is 1.74. The van der Waals surface area contributed by atoms with Gasteiger partial charge in [0.05, 0.1) is 12.1 Å². The molecule has 0 aliphatic carbocycles. The van der Waals surface area contributed by atoms with E-state index in [4.69, 9.17) is 16.3 Å². The molecule has 0 unspecified atom stereocenters. The van der Waals surface area contributed by atoms with Gasteiger partial charge in [0, 0.05) is 0 Å². The van der Waals surface area contributed by atoms with Gasteiger partial charge in [0.2, 0.25) is 0 Å². The fourth-order valence-corrected chi connectivity index (χ4v) is 1.08. The molecule has 0 fully saturated rings. The minimum absolute atomic E-state index is 0.616. The maximum atomic E-state index is 5.84. The van der Waals surface area contributed by atoms with Crippen molar-refractivity contribution >= 4 is 17.7 Å². The molecule has 11 heavy (non-hydrogen) atoms. The van der Waals surface area contributed by atoms with E-state index in [1.165, 1.54) is 0 Å². The maximum Gasteiger partial charge on any atom is 0.137 e. The van der Waals surface area contributed by atoms with Gasteiger partial charge in [0.25, 0.3) is 0 Å². The highest BCUT2D eigenvalue weighted by Gasteiger charge is 1.98. The van der Waals surface area contributed by atoms with Crippen molar-refractivity contribution in [1.82, 2.24) is 0 Å². The Labute approximate surface area is 71.3 Å². The Morgan fingerprint density at radius 3 is 2.73 bits per heavy atom. The summed E-state index contributed by atoms with van der Waals surface area (Å²) in [4.78, 5) is 0. The first kappa shape index (κ1) is 8.15. The minimum Gasteiger partial charge on any atom is -0.495 e. The highest BCUT2D eigenvalue weighted by molar-refractivity contribution is 6.32. The minimum atomic E-state index is 0.616. The number of hydrogen-bond acceptors (Lipinski definition) is 1. The Morgan fingerprint density at radius 1 is 1.55 bits per heavy atom. The molecule has 0 saturated heterocycles. The van der Waals surface area contributed by atoms with Gasteiger partial charge in [-0.05, 0) is 17.7 Å². The third-order valence-corrected chi connectivity index (χ3v) is 1.71. The van der Waals surface area contributed by atoms with Gasteiger partial charge in [0.15, 0.2) is 0 Å². The lowest BCUT2D eigenvalue weighted by Crippen LogP contribution is -1.83. The zero-order valence-corrected chi connectivity index (χ0v) is 7.06. The summed E-state index contributed by atoms with van der Waals surface area (Å²) in [6, 6.07) is 5.53. The van der Waals surface area contributed by atoms with Crippen LogP contribution in [0.2, 0.25) is 5.02 Å². The van der Waals surface area contributed by atoms with Crippen LogP contribution in [0, 0.1) is 0 Å². The molecule has 0 amide bonds. The van der Waals surface area contributed by atoms with E-state index in [2.05, 4.69) is 6.58 Å². The molecule has 0 N–H and O–H groups in total. The van der Waals surface area contributed by atoms with Gasteiger partial charge in [-0.3, -0.25) is 0 Å². The van der Waals surface area contributed by atoms with Crippen LogP contribution in [0.5, 0.6) is 5.75 Å². The second kappa shape index (κ2) is 3.44. The van der Waals surface area contributed by atoms with Gasteiger partial charge < -0.3 is 4.74 Å². The van der Waals surface area contributed by atoms with Crippen molar-refractivity contribution in [1.29, 1.82) is 0 Å². The lowest BCUT2D eigenvalue weighted by molar-refractivity contribution is 0.415. The van der Waals surface area contributed by atoms with Gasteiger partial charge >= 0.3 is 0 Å². The average molecular weight is 169 g/mol. The second-order valence-electron chi connectivity index (χ2n) is 2.10. The molecular formula is C9H9ClO. The summed E-state index contributed by atoms with van der Waals surface area (Å²) in [7, 11) is 1.59. The lowest BCUT2D eigenvalue weighted by Gasteiger charge is -2.02. The van der Waals surface area contributed by atoms with E-state index in [0.717, 1.165) is 5.56 Å². The maximum absolute atomic E-state index is 5.84. The highest BCUT2D eigenvalue weighted by Crippen LogP contribution is 2.24. The van der Waals surface area contributed by atoms with Crippen molar-refractivity contribution in [3.05, 3.63) is 35.4 Å². The molecule has 58 valence electrons. The Morgan fingerprint density at radius 2 is 2.27 bits per heavy atom. The monoisotopic (exact) mass is 168 g/mol. The zero-order chi connectivity index (χ0) is 8.27. The molecule has 1 aromatic carbocycles. The third-order valence-electron chi connectivity index (χ3n) is 1.41. The molecule has 0 aliphatic rings. The van der Waals surface area contributed by atoms with Crippen LogP contribution >= 0.6 is 11.6 Å². The van der Waals surface area contributed by atoms with E-state index in [9.17, 15) is 0 Å². The largest absolute Gasteiger partial charge is 0.495 e. The van der Waals surface area contributed by atoms with Crippen LogP contribution in [-0.2, 0) is 0 Å². The van der Waals surface area contributed by atoms with Crippen molar-refractivity contribution in [2.24, 2.45) is 0 Å². The van der Waals surface area contributed by atoms with Crippen molar-refractivity contribution < 1.29 is 4.74 Å². The normalized spacial score (nSPS) is 9.27. The van der Waals surface area contributed by atoms with Crippen molar-refractivity contribution in [2.45, 2.75) is 0 Å². The molecule has 1 rings (SSSR count). The van der Waals surface area contributed by atoms with Crippen molar-refractivity contribution in [3.8, 4) is 5.75 Å². The number of hydrogen-bond donors (Lipinski definition) is 0. The summed E-state index contributed by atoms with van der Waals surface area (Å²) < 4.78 is 4.98. The quantitative estimate of drug-likeness (QED) is 0.660. The predicted molar refractivity (Wildman–Crippen MR) is 48.1 cm³/mol. The number of halogens is 1. The van der Waals surface area contributed by atoms with Crippen LogP contribution in [0.4, 0.5) is 0 Å². The van der Waals surface area contributed by atoms with Gasteiger partial charge in [-0.15, -0.1) is 0 Å². The molecule has 0 radical (unpaired) electrons. The fourth-order valence-electron chi connectivity index (χ4n) is 0.810. The van der Waals surface area contributed by atoms with Crippen LogP contribution < -0.4 is 4.74 Å². The number of benzene rings is 1. The van der Waals surface area contributed by atoms with Gasteiger partial charge in [-0.1, -0.05) is 30.3 Å². The Hall–Kier alpha value is -0.950. The number of ether oxygens (including phenoxy) is 1. The van der Waals surface area contributed by atoms with E-state index < -0.39 is 0 Å². The third kappa shape index (κ3) is 1.75. The van der Waals surface area contributed by atoms with E-state index in [0.29, 0.717) is 10.8 Å². The first-order chi connectivity index (χ1) is 5.27. The summed E-state index contributed by atoms with van der Waals surface area (Å²) in [5.74, 6) is 0.692. The van der Waals surface area contributed by atoms with E-state index in [1.807, 2.05) is 18.2 Å². The smallest absolute Gasteiger partial charge is 0.137 e. The Kier molecular flexibility index (Phi) is 2.55. The number of methoxy groups -OCH3 is 1. The van der Waals surface area contributed by atoms with E-state index >= 15 is 0 Å². The van der Waals surface area contributed by atoms with Gasteiger partial charge in [0.1, 0.15) is 5.75 Å². The molecule has 1 nitrogen and oxygen atoms in total. The second-order valence-corrected chi connectivity index (χ2v) is 2.51. The SMILES string of the molecule is C=Cc1ccc(OC)c(Cl)c1. The van der Waals surface area contributed by atoms with Crippen LogP contribution in [-0.4, -0.2) is 7.11 Å². The van der Waals surface area contributed by atoms with Crippen LogP contribution in [0.1, 0.15) is 5.56 Å². The average Bonchev–Trinajstić information content (AvgIpc) is 2.04. The lowest BCUT2D eigenvalue weighted by atomic mass is 10.2. The predicted octanol–water partition coefficient (Wildman–Crippen LogP) is 2.99. The molecule has 2 heteroatoms. The highest BCUT2D eigenvalue weighted by atomic mass is 35.5. The summed E-state index contributed by atoms with van der Waals surface area (Å²) >= 11 is 5.84. The van der Waals surface area contributed by atoms with E-state index in [-0.39, 0.29) is 0 Å². The standard InChI is InChI=1S/C9H9ClO/c1-3-7-4-5-9(11-2)8(10)6-7/h3-6H,1H2,2H3. The van der Waals surface area contributed by atoms with Crippen molar-refractivity contribution in [3.63, 3.8) is 0 Å². The first-order valence-corrected chi connectivity index (χ1v) is 3.61. The van der Waals surface area contributed by atoms with Crippen LogP contribution in [0.3, 0.4) is 0 Å². The van der Waals surface area contributed by atoms with E-state index in [1.54, 1.807) is 13.2 Å². The summed E-state index contributed by atoms with van der Waals surface area (Å²) in [6.45, 7) is 3.63. The molecule has 0 bridgehead atoms. The zero-order valence-electron chi connectivity index (χ0n) is 6.30. The molecular weight excluding hydrogens is 160 g/mol.